The molecule has 0 unspecified atom stereocenters. The van der Waals surface area contributed by atoms with Crippen LogP contribution in [0.4, 0.5) is 10.5 Å². The van der Waals surface area contributed by atoms with Gasteiger partial charge in [-0.1, -0.05) is 12.1 Å². The predicted octanol–water partition coefficient (Wildman–Crippen LogP) is 4.91. The maximum absolute atomic E-state index is 13.1. The Balaban J connectivity index is 1.54. The summed E-state index contributed by atoms with van der Waals surface area (Å²) in [7, 11) is 0. The molecule has 36 heavy (non-hydrogen) atoms. The van der Waals surface area contributed by atoms with Crippen molar-refractivity contribution < 1.29 is 14.3 Å². The molecule has 8 heteroatoms. The molecule has 1 saturated heterocycles. The Morgan fingerprint density at radius 2 is 1.81 bits per heavy atom. The number of rotatable bonds is 5. The van der Waals surface area contributed by atoms with Crippen LogP contribution >= 0.6 is 0 Å². The van der Waals surface area contributed by atoms with Gasteiger partial charge in [0.05, 0.1) is 30.0 Å². The molecule has 3 amide bonds. The molecule has 186 valence electrons. The summed E-state index contributed by atoms with van der Waals surface area (Å²) in [5.41, 5.74) is 4.60. The third kappa shape index (κ3) is 4.54. The van der Waals surface area contributed by atoms with Crippen LogP contribution in [-0.2, 0) is 4.74 Å². The SMILES string of the molecule is CC(C)NC(=O)Nc1ccc(-c2c(C#N)c3cc(C(=O)N4CCOCC4)ccc3n2C2CCC2)cc1. The van der Waals surface area contributed by atoms with Crippen molar-refractivity contribution >= 4 is 28.5 Å². The number of ether oxygens (including phenoxy) is 1. The molecule has 3 aromatic rings. The minimum absolute atomic E-state index is 0.0304. The van der Waals surface area contributed by atoms with E-state index in [0.717, 1.165) is 41.4 Å². The lowest BCUT2D eigenvalue weighted by atomic mass is 9.92. The number of urea groups is 1. The molecule has 0 spiro atoms. The zero-order chi connectivity index (χ0) is 25.2. The summed E-state index contributed by atoms with van der Waals surface area (Å²) >= 11 is 0. The van der Waals surface area contributed by atoms with Gasteiger partial charge in [0.15, 0.2) is 0 Å². The fraction of sp³-hybridized carbons (Fsp3) is 0.393. The highest BCUT2D eigenvalue weighted by Crippen LogP contribution is 2.43. The number of hydrogen-bond acceptors (Lipinski definition) is 4. The van der Waals surface area contributed by atoms with Crippen molar-refractivity contribution in [3.63, 3.8) is 0 Å². The second-order valence-electron chi connectivity index (χ2n) is 9.76. The highest BCUT2D eigenvalue weighted by molar-refractivity contribution is 6.02. The molecule has 0 atom stereocenters. The van der Waals surface area contributed by atoms with Crippen LogP contribution in [-0.4, -0.2) is 53.8 Å². The number of hydrogen-bond donors (Lipinski definition) is 2. The Morgan fingerprint density at radius 3 is 2.42 bits per heavy atom. The van der Waals surface area contributed by atoms with Gasteiger partial charge in [0, 0.05) is 41.8 Å². The van der Waals surface area contributed by atoms with E-state index in [9.17, 15) is 14.9 Å². The molecule has 1 saturated carbocycles. The highest BCUT2D eigenvalue weighted by atomic mass is 16.5. The first-order valence-electron chi connectivity index (χ1n) is 12.6. The Hall–Kier alpha value is -3.83. The van der Waals surface area contributed by atoms with E-state index < -0.39 is 0 Å². The Kier molecular flexibility index (Phi) is 6.66. The molecule has 2 N–H and O–H groups in total. The molecule has 2 fully saturated rings. The largest absolute Gasteiger partial charge is 0.378 e. The van der Waals surface area contributed by atoms with Gasteiger partial charge in [0.2, 0.25) is 0 Å². The molecule has 2 aliphatic rings. The third-order valence-corrected chi connectivity index (χ3v) is 6.94. The average Bonchev–Trinajstić information content (AvgIpc) is 3.16. The maximum Gasteiger partial charge on any atom is 0.319 e. The molecule has 8 nitrogen and oxygen atoms in total. The lowest BCUT2D eigenvalue weighted by molar-refractivity contribution is 0.0303. The van der Waals surface area contributed by atoms with Gasteiger partial charge in [-0.05, 0) is 69.0 Å². The summed E-state index contributed by atoms with van der Waals surface area (Å²) in [6.07, 6.45) is 3.28. The van der Waals surface area contributed by atoms with Crippen LogP contribution in [0.15, 0.2) is 42.5 Å². The van der Waals surface area contributed by atoms with E-state index in [1.807, 2.05) is 61.2 Å². The zero-order valence-electron chi connectivity index (χ0n) is 20.7. The van der Waals surface area contributed by atoms with Gasteiger partial charge in [-0.2, -0.15) is 5.26 Å². The number of anilines is 1. The summed E-state index contributed by atoms with van der Waals surface area (Å²) in [6, 6.07) is 15.9. The van der Waals surface area contributed by atoms with Gasteiger partial charge >= 0.3 is 6.03 Å². The van der Waals surface area contributed by atoms with Crippen LogP contribution in [0.3, 0.4) is 0 Å². The molecule has 1 aliphatic carbocycles. The van der Waals surface area contributed by atoms with Gasteiger partial charge < -0.3 is 24.8 Å². The average molecular weight is 486 g/mol. The first kappa shape index (κ1) is 23.9. The smallest absolute Gasteiger partial charge is 0.319 e. The van der Waals surface area contributed by atoms with Gasteiger partial charge in [-0.3, -0.25) is 4.79 Å². The first-order valence-corrected chi connectivity index (χ1v) is 12.6. The van der Waals surface area contributed by atoms with Crippen LogP contribution in [0.5, 0.6) is 0 Å². The van der Waals surface area contributed by atoms with E-state index in [4.69, 9.17) is 4.74 Å². The second-order valence-corrected chi connectivity index (χ2v) is 9.76. The minimum Gasteiger partial charge on any atom is -0.378 e. The Labute approximate surface area is 210 Å². The molecule has 1 aromatic heterocycles. The maximum atomic E-state index is 13.1. The number of aromatic nitrogens is 1. The summed E-state index contributed by atoms with van der Waals surface area (Å²) < 4.78 is 7.66. The molecular weight excluding hydrogens is 454 g/mol. The van der Waals surface area contributed by atoms with E-state index in [0.29, 0.717) is 49.2 Å². The van der Waals surface area contributed by atoms with E-state index in [1.165, 1.54) is 0 Å². The van der Waals surface area contributed by atoms with Crippen molar-refractivity contribution in [1.82, 2.24) is 14.8 Å². The van der Waals surface area contributed by atoms with E-state index in [1.54, 1.807) is 0 Å². The number of nitriles is 1. The number of carbonyl (C=O) groups is 2. The fourth-order valence-corrected chi connectivity index (χ4v) is 4.96. The number of amides is 3. The van der Waals surface area contributed by atoms with Crippen LogP contribution in [0.25, 0.3) is 22.2 Å². The first-order chi connectivity index (χ1) is 17.5. The number of morpholine rings is 1. The van der Waals surface area contributed by atoms with Crippen molar-refractivity contribution in [2.45, 2.75) is 45.2 Å². The normalized spacial score (nSPS) is 16.0. The predicted molar refractivity (Wildman–Crippen MR) is 139 cm³/mol. The van der Waals surface area contributed by atoms with E-state index >= 15 is 0 Å². The lowest BCUT2D eigenvalue weighted by Gasteiger charge is -2.30. The number of carbonyl (C=O) groups excluding carboxylic acids is 2. The van der Waals surface area contributed by atoms with Crippen LogP contribution in [0, 0.1) is 11.3 Å². The van der Waals surface area contributed by atoms with Crippen molar-refractivity contribution in [2.75, 3.05) is 31.6 Å². The summed E-state index contributed by atoms with van der Waals surface area (Å²) in [5, 5.41) is 16.7. The second kappa shape index (κ2) is 10.0. The monoisotopic (exact) mass is 485 g/mol. The van der Waals surface area contributed by atoms with Crippen LogP contribution < -0.4 is 10.6 Å². The van der Waals surface area contributed by atoms with Crippen LogP contribution in [0.1, 0.15) is 55.1 Å². The standard InChI is InChI=1S/C28H31N5O3/c1-18(2)30-28(35)31-21-9-6-19(7-10-21)26-24(17-29)23-16-20(27(34)32-12-14-36-15-13-32)8-11-25(23)33(26)22-4-3-5-22/h6-11,16,18,22H,3-5,12-15H2,1-2H3,(H2,30,31,35). The third-order valence-electron chi connectivity index (χ3n) is 6.94. The minimum atomic E-state index is -0.253. The van der Waals surface area contributed by atoms with Crippen molar-refractivity contribution in [2.24, 2.45) is 0 Å². The van der Waals surface area contributed by atoms with Crippen molar-refractivity contribution in [3.8, 4) is 17.3 Å². The summed E-state index contributed by atoms with van der Waals surface area (Å²) in [6.45, 7) is 6.06. The molecule has 2 heterocycles. The topological polar surface area (TPSA) is 99.4 Å². The van der Waals surface area contributed by atoms with Gasteiger partial charge in [-0.15, -0.1) is 0 Å². The quantitative estimate of drug-likeness (QED) is 0.536. The highest BCUT2D eigenvalue weighted by Gasteiger charge is 2.29. The van der Waals surface area contributed by atoms with Gasteiger partial charge in [0.25, 0.3) is 5.91 Å². The molecular formula is C28H31N5O3. The van der Waals surface area contributed by atoms with Crippen molar-refractivity contribution in [3.05, 3.63) is 53.6 Å². The number of benzene rings is 2. The van der Waals surface area contributed by atoms with Crippen molar-refractivity contribution in [1.29, 1.82) is 5.26 Å². The molecule has 0 radical (unpaired) electrons. The zero-order valence-corrected chi connectivity index (χ0v) is 20.7. The van der Waals surface area contributed by atoms with Gasteiger partial charge in [-0.25, -0.2) is 4.79 Å². The summed E-state index contributed by atoms with van der Waals surface area (Å²) in [5.74, 6) is -0.0304. The fourth-order valence-electron chi connectivity index (χ4n) is 4.96. The molecule has 5 rings (SSSR count). The molecule has 2 aromatic carbocycles. The number of fused-ring (bicyclic) bond motifs is 1. The van der Waals surface area contributed by atoms with E-state index in [2.05, 4.69) is 21.3 Å². The van der Waals surface area contributed by atoms with Crippen LogP contribution in [0.2, 0.25) is 0 Å². The summed E-state index contributed by atoms with van der Waals surface area (Å²) in [4.78, 5) is 27.0. The molecule has 0 bridgehead atoms. The van der Waals surface area contributed by atoms with E-state index in [-0.39, 0.29) is 18.0 Å². The lowest BCUT2D eigenvalue weighted by Crippen LogP contribution is -2.40. The molecule has 1 aliphatic heterocycles. The number of nitrogens with one attached hydrogen (secondary N) is 2. The Morgan fingerprint density at radius 1 is 1.08 bits per heavy atom. The Bertz CT molecular complexity index is 1330. The number of nitrogens with zero attached hydrogens (tertiary/aromatic N) is 3. The van der Waals surface area contributed by atoms with Gasteiger partial charge in [0.1, 0.15) is 6.07 Å².